The number of likely N-dealkylation sites (tertiary alicyclic amines) is 1. The van der Waals surface area contributed by atoms with E-state index in [4.69, 9.17) is 4.74 Å². The fourth-order valence-corrected chi connectivity index (χ4v) is 3.41. The van der Waals surface area contributed by atoms with Gasteiger partial charge in [0.15, 0.2) is 0 Å². The van der Waals surface area contributed by atoms with Crippen molar-refractivity contribution < 1.29 is 9.53 Å². The van der Waals surface area contributed by atoms with E-state index >= 15 is 0 Å². The summed E-state index contributed by atoms with van der Waals surface area (Å²) in [5.74, 6) is 0. The lowest BCUT2D eigenvalue weighted by Gasteiger charge is -2.35. The van der Waals surface area contributed by atoms with Crippen molar-refractivity contribution in [2.24, 2.45) is 0 Å². The van der Waals surface area contributed by atoms with Gasteiger partial charge < -0.3 is 19.9 Å². The predicted molar refractivity (Wildman–Crippen MR) is 92.9 cm³/mol. The predicted octanol–water partition coefficient (Wildman–Crippen LogP) is 1.52. The van der Waals surface area contributed by atoms with Gasteiger partial charge in [0.05, 0.1) is 12.7 Å². The van der Waals surface area contributed by atoms with Crippen LogP contribution in [-0.2, 0) is 11.2 Å². The molecule has 2 aliphatic heterocycles. The maximum Gasteiger partial charge on any atom is 0.317 e. The van der Waals surface area contributed by atoms with Gasteiger partial charge in [-0.15, -0.1) is 0 Å². The second-order valence-corrected chi connectivity index (χ2v) is 6.80. The monoisotopic (exact) mass is 332 g/mol. The van der Waals surface area contributed by atoms with Gasteiger partial charge in [0.1, 0.15) is 0 Å². The average molecular weight is 332 g/mol. The molecule has 0 radical (unpaired) electrons. The maximum absolute atomic E-state index is 12.3. The topological polar surface area (TPSA) is 57.7 Å². The molecule has 0 unspecified atom stereocenters. The van der Waals surface area contributed by atoms with E-state index in [-0.39, 0.29) is 12.1 Å². The number of amides is 2. The zero-order valence-corrected chi connectivity index (χ0v) is 14.5. The Morgan fingerprint density at radius 2 is 2.04 bits per heavy atom. The highest BCUT2D eigenvalue weighted by atomic mass is 16.5. The Balaban J connectivity index is 1.36. The van der Waals surface area contributed by atoms with E-state index in [2.05, 4.69) is 27.3 Å². The zero-order chi connectivity index (χ0) is 16.8. The van der Waals surface area contributed by atoms with Crippen LogP contribution < -0.4 is 5.32 Å². The van der Waals surface area contributed by atoms with E-state index in [1.807, 2.05) is 24.2 Å². The van der Waals surface area contributed by atoms with Crippen LogP contribution in [0.3, 0.4) is 0 Å². The number of nitrogens with one attached hydrogen (secondary N) is 1. The van der Waals surface area contributed by atoms with Crippen LogP contribution in [0.25, 0.3) is 0 Å². The van der Waals surface area contributed by atoms with Gasteiger partial charge in [0, 0.05) is 51.2 Å². The highest BCUT2D eigenvalue weighted by molar-refractivity contribution is 5.74. The van der Waals surface area contributed by atoms with Gasteiger partial charge in [-0.2, -0.15) is 0 Å². The third kappa shape index (κ3) is 4.92. The molecular weight excluding hydrogens is 304 g/mol. The average Bonchev–Trinajstić information content (AvgIpc) is 2.62. The lowest BCUT2D eigenvalue weighted by atomic mass is 10.0. The molecule has 2 fully saturated rings. The normalized spacial score (nSPS) is 23.2. The van der Waals surface area contributed by atoms with Gasteiger partial charge in [-0.05, 0) is 43.9 Å². The van der Waals surface area contributed by atoms with E-state index in [0.717, 1.165) is 38.9 Å². The summed E-state index contributed by atoms with van der Waals surface area (Å²) in [6, 6.07) is 4.53. The van der Waals surface area contributed by atoms with Crippen LogP contribution in [0.1, 0.15) is 25.3 Å². The molecule has 0 spiro atoms. The minimum atomic E-state index is 0.0698. The molecule has 6 heteroatoms. The molecule has 3 rings (SSSR count). The van der Waals surface area contributed by atoms with Crippen LogP contribution in [0.5, 0.6) is 0 Å². The van der Waals surface area contributed by atoms with Crippen LogP contribution >= 0.6 is 0 Å². The number of morpholine rings is 1. The number of nitrogens with zero attached hydrogens (tertiary/aromatic N) is 3. The maximum atomic E-state index is 12.3. The second-order valence-electron chi connectivity index (χ2n) is 6.80. The third-order valence-electron chi connectivity index (χ3n) is 4.91. The Kier molecular flexibility index (Phi) is 6.04. The van der Waals surface area contributed by atoms with Crippen molar-refractivity contribution in [3.05, 3.63) is 30.1 Å². The number of pyridine rings is 1. The third-order valence-corrected chi connectivity index (χ3v) is 4.91. The highest BCUT2D eigenvalue weighted by Gasteiger charge is 2.25. The quantitative estimate of drug-likeness (QED) is 0.908. The molecule has 2 aliphatic rings. The summed E-state index contributed by atoms with van der Waals surface area (Å²) in [6.07, 6.45) is 6.96. The molecule has 1 atom stereocenters. The number of hydrogen-bond donors (Lipinski definition) is 1. The molecule has 0 aromatic carbocycles. The first-order chi connectivity index (χ1) is 11.7. The zero-order valence-electron chi connectivity index (χ0n) is 14.5. The van der Waals surface area contributed by atoms with Crippen molar-refractivity contribution in [1.82, 2.24) is 20.1 Å². The number of ether oxygens (including phenoxy) is 1. The largest absolute Gasteiger partial charge is 0.375 e. The first-order valence-corrected chi connectivity index (χ1v) is 8.99. The van der Waals surface area contributed by atoms with Crippen LogP contribution in [0, 0.1) is 0 Å². The van der Waals surface area contributed by atoms with Crippen LogP contribution in [0.4, 0.5) is 4.79 Å². The number of carbonyl (C=O) groups excluding carboxylic acids is 1. The molecule has 2 saturated heterocycles. The van der Waals surface area contributed by atoms with Gasteiger partial charge >= 0.3 is 6.03 Å². The molecule has 132 valence electrons. The number of aromatic nitrogens is 1. The number of hydrogen-bond acceptors (Lipinski definition) is 4. The van der Waals surface area contributed by atoms with E-state index in [9.17, 15) is 4.79 Å². The lowest BCUT2D eigenvalue weighted by molar-refractivity contribution is -0.00418. The first-order valence-electron chi connectivity index (χ1n) is 8.99. The van der Waals surface area contributed by atoms with Gasteiger partial charge in [0.25, 0.3) is 0 Å². The first kappa shape index (κ1) is 17.2. The Morgan fingerprint density at radius 1 is 1.29 bits per heavy atom. The van der Waals surface area contributed by atoms with Crippen LogP contribution in [0.2, 0.25) is 0 Å². The number of rotatable bonds is 4. The van der Waals surface area contributed by atoms with Gasteiger partial charge in [-0.1, -0.05) is 0 Å². The summed E-state index contributed by atoms with van der Waals surface area (Å²) in [7, 11) is 0. The minimum absolute atomic E-state index is 0.0698. The molecule has 0 aliphatic carbocycles. The fourth-order valence-electron chi connectivity index (χ4n) is 3.41. The Morgan fingerprint density at radius 3 is 2.75 bits per heavy atom. The molecule has 0 saturated carbocycles. The molecule has 3 heterocycles. The van der Waals surface area contributed by atoms with Crippen LogP contribution in [0.15, 0.2) is 24.5 Å². The Labute approximate surface area is 144 Å². The van der Waals surface area contributed by atoms with E-state index < -0.39 is 0 Å². The molecule has 2 amide bonds. The standard InChI is InChI=1S/C18H28N4O2/c1-15-14-22(12-13-24-15)18(23)20-17-5-10-21(11-6-17)9-4-16-2-7-19-8-3-16/h2-3,7-8,15,17H,4-6,9-14H2,1H3,(H,20,23)/t15-/m1/s1. The lowest BCUT2D eigenvalue weighted by Crippen LogP contribution is -2.53. The van der Waals surface area contributed by atoms with Crippen LogP contribution in [-0.4, -0.2) is 72.3 Å². The van der Waals surface area contributed by atoms with Crippen molar-refractivity contribution in [2.45, 2.75) is 38.3 Å². The van der Waals surface area contributed by atoms with Crippen molar-refractivity contribution >= 4 is 6.03 Å². The smallest absolute Gasteiger partial charge is 0.317 e. The number of carbonyl (C=O) groups is 1. The molecule has 6 nitrogen and oxygen atoms in total. The summed E-state index contributed by atoms with van der Waals surface area (Å²) in [4.78, 5) is 20.8. The van der Waals surface area contributed by atoms with E-state index in [1.54, 1.807) is 0 Å². The van der Waals surface area contributed by atoms with Crippen molar-refractivity contribution in [2.75, 3.05) is 39.3 Å². The van der Waals surface area contributed by atoms with Crippen molar-refractivity contribution in [1.29, 1.82) is 0 Å². The molecule has 1 aromatic rings. The van der Waals surface area contributed by atoms with Crippen molar-refractivity contribution in [3.63, 3.8) is 0 Å². The number of urea groups is 1. The SMILES string of the molecule is C[C@@H]1CN(C(=O)NC2CCN(CCc3ccncc3)CC2)CCO1. The van der Waals surface area contributed by atoms with E-state index in [0.29, 0.717) is 25.7 Å². The Bertz CT molecular complexity index is 517. The molecule has 1 N–H and O–H groups in total. The fraction of sp³-hybridized carbons (Fsp3) is 0.667. The summed E-state index contributed by atoms with van der Waals surface area (Å²) in [5.41, 5.74) is 1.34. The van der Waals surface area contributed by atoms with Gasteiger partial charge in [-0.25, -0.2) is 4.79 Å². The summed E-state index contributed by atoms with van der Waals surface area (Å²) < 4.78 is 5.49. The molecule has 1 aromatic heterocycles. The van der Waals surface area contributed by atoms with Gasteiger partial charge in [-0.3, -0.25) is 4.98 Å². The molecular formula is C18H28N4O2. The number of piperidine rings is 1. The molecule has 0 bridgehead atoms. The summed E-state index contributed by atoms with van der Waals surface area (Å²) in [6.45, 7) is 7.22. The molecule has 24 heavy (non-hydrogen) atoms. The second kappa shape index (κ2) is 8.44. The minimum Gasteiger partial charge on any atom is -0.375 e. The van der Waals surface area contributed by atoms with Crippen molar-refractivity contribution in [3.8, 4) is 0 Å². The highest BCUT2D eigenvalue weighted by Crippen LogP contribution is 2.13. The summed E-state index contributed by atoms with van der Waals surface area (Å²) >= 11 is 0. The van der Waals surface area contributed by atoms with Gasteiger partial charge in [0.2, 0.25) is 0 Å². The Hall–Kier alpha value is -1.66. The summed E-state index contributed by atoms with van der Waals surface area (Å²) in [5, 5.41) is 3.20. The van der Waals surface area contributed by atoms with E-state index in [1.165, 1.54) is 5.56 Å².